The van der Waals surface area contributed by atoms with Crippen LogP contribution >= 0.6 is 11.3 Å². The lowest BCUT2D eigenvalue weighted by atomic mass is 10.3. The van der Waals surface area contributed by atoms with Gasteiger partial charge in [-0.2, -0.15) is 0 Å². The Balaban J connectivity index is 1.87. The van der Waals surface area contributed by atoms with Gasteiger partial charge in [0.1, 0.15) is 5.75 Å². The zero-order valence-electron chi connectivity index (χ0n) is 13.2. The van der Waals surface area contributed by atoms with Gasteiger partial charge in [-0.25, -0.2) is 4.98 Å². The maximum atomic E-state index is 5.53. The third-order valence-corrected chi connectivity index (χ3v) is 4.47. The molecule has 0 amide bonds. The van der Waals surface area contributed by atoms with E-state index in [1.165, 1.54) is 4.70 Å². The first-order valence-corrected chi connectivity index (χ1v) is 8.58. The molecule has 0 atom stereocenters. The number of fused-ring (bicyclic) bond motifs is 1. The molecule has 4 nitrogen and oxygen atoms in total. The monoisotopic (exact) mass is 307 g/mol. The van der Waals surface area contributed by atoms with Crippen molar-refractivity contribution in [2.24, 2.45) is 0 Å². The average molecular weight is 307 g/mol. The lowest BCUT2D eigenvalue weighted by Gasteiger charge is -2.17. The molecule has 0 aliphatic carbocycles. The Morgan fingerprint density at radius 2 is 2.05 bits per heavy atom. The third kappa shape index (κ3) is 4.58. The molecule has 0 spiro atoms. The number of hydrogen-bond acceptors (Lipinski definition) is 5. The number of hydrogen-bond donors (Lipinski definition) is 1. The molecule has 1 aromatic heterocycles. The van der Waals surface area contributed by atoms with Crippen LogP contribution in [-0.2, 0) is 0 Å². The lowest BCUT2D eigenvalue weighted by molar-refractivity contribution is 0.303. The lowest BCUT2D eigenvalue weighted by Crippen LogP contribution is -2.25. The van der Waals surface area contributed by atoms with Crippen molar-refractivity contribution in [2.45, 2.75) is 27.2 Å². The molecule has 1 N–H and O–H groups in total. The fourth-order valence-electron chi connectivity index (χ4n) is 2.27. The van der Waals surface area contributed by atoms with Crippen LogP contribution < -0.4 is 10.1 Å². The summed E-state index contributed by atoms with van der Waals surface area (Å²) in [6, 6.07) is 6.07. The number of ether oxygens (including phenoxy) is 1. The Morgan fingerprint density at radius 1 is 1.24 bits per heavy atom. The Labute approximate surface area is 131 Å². The predicted molar refractivity (Wildman–Crippen MR) is 91.7 cm³/mol. The van der Waals surface area contributed by atoms with Gasteiger partial charge in [-0.1, -0.05) is 25.2 Å². The molecular formula is C16H25N3OS. The second-order valence-electron chi connectivity index (χ2n) is 4.89. The third-order valence-electron chi connectivity index (χ3n) is 3.49. The topological polar surface area (TPSA) is 37.4 Å². The number of benzene rings is 1. The highest BCUT2D eigenvalue weighted by molar-refractivity contribution is 7.22. The molecule has 1 heterocycles. The molecule has 0 unspecified atom stereocenters. The molecule has 116 valence electrons. The molecule has 1 aromatic carbocycles. The van der Waals surface area contributed by atoms with E-state index in [0.29, 0.717) is 6.61 Å². The van der Waals surface area contributed by atoms with Crippen LogP contribution in [0.3, 0.4) is 0 Å². The minimum atomic E-state index is 0.695. The fourth-order valence-corrected chi connectivity index (χ4v) is 3.19. The Hall–Kier alpha value is -1.33. The van der Waals surface area contributed by atoms with Gasteiger partial charge in [-0.05, 0) is 51.2 Å². The van der Waals surface area contributed by atoms with E-state index in [4.69, 9.17) is 4.74 Å². The van der Waals surface area contributed by atoms with Crippen LogP contribution in [0.15, 0.2) is 18.2 Å². The second-order valence-corrected chi connectivity index (χ2v) is 5.92. The standard InChI is InChI=1S/C16H25N3OS/c1-4-19(5-2)11-7-10-17-16-18-14-9-8-13(20-6-3)12-15(14)21-16/h8-9,12H,4-7,10-11H2,1-3H3,(H,17,18). The molecule has 0 fully saturated rings. The van der Waals surface area contributed by atoms with Gasteiger partial charge in [0, 0.05) is 6.54 Å². The van der Waals surface area contributed by atoms with E-state index in [9.17, 15) is 0 Å². The van der Waals surface area contributed by atoms with Crippen molar-refractivity contribution >= 4 is 26.7 Å². The van der Waals surface area contributed by atoms with Gasteiger partial charge in [-0.15, -0.1) is 0 Å². The molecule has 0 bridgehead atoms. The van der Waals surface area contributed by atoms with Crippen LogP contribution in [0.2, 0.25) is 0 Å². The number of thiazole rings is 1. The maximum Gasteiger partial charge on any atom is 0.183 e. The molecular weight excluding hydrogens is 282 g/mol. The maximum absolute atomic E-state index is 5.53. The van der Waals surface area contributed by atoms with Crippen LogP contribution in [0.4, 0.5) is 5.13 Å². The molecule has 21 heavy (non-hydrogen) atoms. The highest BCUT2D eigenvalue weighted by atomic mass is 32.1. The van der Waals surface area contributed by atoms with Gasteiger partial charge >= 0.3 is 0 Å². The summed E-state index contributed by atoms with van der Waals surface area (Å²) in [7, 11) is 0. The van der Waals surface area contributed by atoms with E-state index in [2.05, 4.69) is 35.1 Å². The first-order chi connectivity index (χ1) is 10.3. The Morgan fingerprint density at radius 3 is 2.76 bits per heavy atom. The summed E-state index contributed by atoms with van der Waals surface area (Å²) in [6.07, 6.45) is 1.14. The zero-order chi connectivity index (χ0) is 15.1. The molecule has 0 saturated heterocycles. The fraction of sp³-hybridized carbons (Fsp3) is 0.562. The molecule has 2 aromatic rings. The summed E-state index contributed by atoms with van der Waals surface area (Å²) in [5.74, 6) is 0.918. The number of anilines is 1. The van der Waals surface area contributed by atoms with Gasteiger partial charge in [0.2, 0.25) is 0 Å². The van der Waals surface area contributed by atoms with Crippen molar-refractivity contribution in [2.75, 3.05) is 38.1 Å². The van der Waals surface area contributed by atoms with E-state index in [1.54, 1.807) is 11.3 Å². The molecule has 0 aliphatic heterocycles. The smallest absolute Gasteiger partial charge is 0.183 e. The first kappa shape index (κ1) is 16.0. The summed E-state index contributed by atoms with van der Waals surface area (Å²) in [4.78, 5) is 7.05. The van der Waals surface area contributed by atoms with Crippen molar-refractivity contribution < 1.29 is 4.74 Å². The van der Waals surface area contributed by atoms with Crippen molar-refractivity contribution in [3.8, 4) is 5.75 Å². The summed E-state index contributed by atoms with van der Waals surface area (Å²) in [6.45, 7) is 11.5. The highest BCUT2D eigenvalue weighted by Crippen LogP contribution is 2.29. The van der Waals surface area contributed by atoms with Gasteiger partial charge in [-0.3, -0.25) is 0 Å². The average Bonchev–Trinajstić information content (AvgIpc) is 2.90. The van der Waals surface area contributed by atoms with Crippen molar-refractivity contribution in [1.29, 1.82) is 0 Å². The second kappa shape index (κ2) is 8.20. The van der Waals surface area contributed by atoms with E-state index in [-0.39, 0.29) is 0 Å². The normalized spacial score (nSPS) is 11.2. The molecule has 0 saturated carbocycles. The van der Waals surface area contributed by atoms with E-state index in [1.807, 2.05) is 19.1 Å². The number of nitrogens with zero attached hydrogens (tertiary/aromatic N) is 2. The molecule has 5 heteroatoms. The van der Waals surface area contributed by atoms with Gasteiger partial charge in [0.25, 0.3) is 0 Å². The Bertz CT molecular complexity index is 551. The quantitative estimate of drug-likeness (QED) is 0.714. The Kier molecular flexibility index (Phi) is 6.26. The minimum Gasteiger partial charge on any atom is -0.494 e. The van der Waals surface area contributed by atoms with Crippen molar-refractivity contribution in [3.05, 3.63) is 18.2 Å². The van der Waals surface area contributed by atoms with E-state index in [0.717, 1.165) is 49.0 Å². The van der Waals surface area contributed by atoms with Crippen LogP contribution in [-0.4, -0.2) is 42.7 Å². The number of aromatic nitrogens is 1. The van der Waals surface area contributed by atoms with Crippen molar-refractivity contribution in [3.63, 3.8) is 0 Å². The van der Waals surface area contributed by atoms with Crippen LogP contribution in [0.5, 0.6) is 5.75 Å². The van der Waals surface area contributed by atoms with Gasteiger partial charge in [0.05, 0.1) is 16.8 Å². The van der Waals surface area contributed by atoms with Crippen LogP contribution in [0, 0.1) is 0 Å². The SMILES string of the molecule is CCOc1ccc2nc(NCCCN(CC)CC)sc2c1. The van der Waals surface area contributed by atoms with E-state index < -0.39 is 0 Å². The highest BCUT2D eigenvalue weighted by Gasteiger charge is 2.05. The largest absolute Gasteiger partial charge is 0.494 e. The van der Waals surface area contributed by atoms with Gasteiger partial charge < -0.3 is 15.0 Å². The molecule has 0 aliphatic rings. The first-order valence-electron chi connectivity index (χ1n) is 7.76. The summed E-state index contributed by atoms with van der Waals surface area (Å²) < 4.78 is 6.70. The summed E-state index contributed by atoms with van der Waals surface area (Å²) >= 11 is 1.69. The predicted octanol–water partition coefficient (Wildman–Crippen LogP) is 3.84. The van der Waals surface area contributed by atoms with Crippen LogP contribution in [0.1, 0.15) is 27.2 Å². The van der Waals surface area contributed by atoms with Crippen molar-refractivity contribution in [1.82, 2.24) is 9.88 Å². The number of rotatable bonds is 9. The van der Waals surface area contributed by atoms with E-state index >= 15 is 0 Å². The number of nitrogens with one attached hydrogen (secondary N) is 1. The zero-order valence-corrected chi connectivity index (χ0v) is 14.0. The van der Waals surface area contributed by atoms with Gasteiger partial charge in [0.15, 0.2) is 5.13 Å². The summed E-state index contributed by atoms with van der Waals surface area (Å²) in [5, 5.41) is 4.43. The summed E-state index contributed by atoms with van der Waals surface area (Å²) in [5.41, 5.74) is 1.04. The van der Waals surface area contributed by atoms with Crippen LogP contribution in [0.25, 0.3) is 10.2 Å². The molecule has 0 radical (unpaired) electrons. The minimum absolute atomic E-state index is 0.695. The molecule has 2 rings (SSSR count).